The molecular formula is C47H94NO7P. The normalized spacial score (nSPS) is 13.4. The summed E-state index contributed by atoms with van der Waals surface area (Å²) in [5.74, 6) is -0.327. The van der Waals surface area contributed by atoms with Crippen molar-refractivity contribution in [2.45, 2.75) is 251 Å². The summed E-state index contributed by atoms with van der Waals surface area (Å²) in [5, 5.41) is 0. The van der Waals surface area contributed by atoms with Gasteiger partial charge < -0.3 is 20.1 Å². The van der Waals surface area contributed by atoms with Gasteiger partial charge in [-0.15, -0.1) is 0 Å². The zero-order chi connectivity index (χ0) is 40.9. The molecule has 334 valence electrons. The summed E-state index contributed by atoms with van der Waals surface area (Å²) < 4.78 is 33.5. The van der Waals surface area contributed by atoms with Gasteiger partial charge in [0, 0.05) is 19.6 Å². The number of allylic oxidation sites excluding steroid dienone is 2. The highest BCUT2D eigenvalue weighted by Crippen LogP contribution is 2.43. The molecule has 0 saturated heterocycles. The minimum Gasteiger partial charge on any atom is -0.457 e. The zero-order valence-electron chi connectivity index (χ0n) is 37.1. The number of carbonyl (C=O) groups is 1. The van der Waals surface area contributed by atoms with Crippen LogP contribution in [0.1, 0.15) is 245 Å². The molecule has 9 heteroatoms. The van der Waals surface area contributed by atoms with Crippen LogP contribution in [-0.2, 0) is 27.9 Å². The molecule has 0 heterocycles. The molecule has 0 spiro atoms. The topological polar surface area (TPSA) is 117 Å². The van der Waals surface area contributed by atoms with Crippen molar-refractivity contribution in [2.24, 2.45) is 5.73 Å². The molecule has 0 aliphatic heterocycles. The van der Waals surface area contributed by atoms with Gasteiger partial charge in [0.15, 0.2) is 0 Å². The maximum atomic E-state index is 12.6. The second-order valence-corrected chi connectivity index (χ2v) is 17.8. The van der Waals surface area contributed by atoms with Gasteiger partial charge in [0.1, 0.15) is 6.10 Å². The van der Waals surface area contributed by atoms with E-state index in [1.807, 2.05) is 0 Å². The van der Waals surface area contributed by atoms with Crippen molar-refractivity contribution in [2.75, 3.05) is 33.0 Å². The van der Waals surface area contributed by atoms with E-state index in [0.29, 0.717) is 13.0 Å². The Kier molecular flexibility index (Phi) is 44.7. The summed E-state index contributed by atoms with van der Waals surface area (Å²) in [5.41, 5.74) is 5.37. The molecule has 0 aromatic carbocycles. The van der Waals surface area contributed by atoms with Crippen molar-refractivity contribution < 1.29 is 32.8 Å². The fourth-order valence-corrected chi connectivity index (χ4v) is 7.86. The van der Waals surface area contributed by atoms with E-state index in [2.05, 4.69) is 26.0 Å². The van der Waals surface area contributed by atoms with Crippen LogP contribution in [0, 0.1) is 0 Å². The number of rotatable bonds is 47. The molecule has 56 heavy (non-hydrogen) atoms. The van der Waals surface area contributed by atoms with Crippen molar-refractivity contribution in [1.29, 1.82) is 0 Å². The van der Waals surface area contributed by atoms with E-state index < -0.39 is 13.9 Å². The maximum Gasteiger partial charge on any atom is 0.472 e. The molecule has 0 fully saturated rings. The van der Waals surface area contributed by atoms with E-state index in [-0.39, 0.29) is 32.3 Å². The Morgan fingerprint density at radius 2 is 0.911 bits per heavy atom. The molecule has 0 saturated carbocycles. The summed E-state index contributed by atoms with van der Waals surface area (Å²) in [6.07, 6.45) is 49.6. The van der Waals surface area contributed by atoms with Crippen molar-refractivity contribution in [3.8, 4) is 0 Å². The first kappa shape index (κ1) is 55.2. The van der Waals surface area contributed by atoms with Crippen molar-refractivity contribution >= 4 is 13.8 Å². The van der Waals surface area contributed by atoms with Gasteiger partial charge in [-0.3, -0.25) is 13.8 Å². The number of unbranched alkanes of at least 4 members (excludes halogenated alkanes) is 32. The third kappa shape index (κ3) is 44.3. The average molecular weight is 816 g/mol. The first-order valence-corrected chi connectivity index (χ1v) is 25.7. The van der Waals surface area contributed by atoms with Crippen molar-refractivity contribution in [3.05, 3.63) is 12.2 Å². The second kappa shape index (κ2) is 45.3. The number of carbonyl (C=O) groups excluding carboxylic acids is 1. The molecule has 0 aromatic rings. The van der Waals surface area contributed by atoms with E-state index in [0.717, 1.165) is 32.1 Å². The van der Waals surface area contributed by atoms with Gasteiger partial charge >= 0.3 is 13.8 Å². The third-order valence-corrected chi connectivity index (χ3v) is 11.7. The van der Waals surface area contributed by atoms with E-state index in [1.165, 1.54) is 193 Å². The molecule has 0 aliphatic rings. The van der Waals surface area contributed by atoms with E-state index in [1.54, 1.807) is 0 Å². The lowest BCUT2D eigenvalue weighted by Crippen LogP contribution is -2.28. The van der Waals surface area contributed by atoms with Gasteiger partial charge in [0.25, 0.3) is 0 Å². The number of ether oxygens (including phenoxy) is 2. The van der Waals surface area contributed by atoms with Crippen LogP contribution in [0.4, 0.5) is 0 Å². The fourth-order valence-electron chi connectivity index (χ4n) is 7.10. The van der Waals surface area contributed by atoms with Crippen LogP contribution in [0.25, 0.3) is 0 Å². The average Bonchev–Trinajstić information content (AvgIpc) is 3.19. The minimum absolute atomic E-state index is 0.0933. The van der Waals surface area contributed by atoms with E-state index in [4.69, 9.17) is 24.3 Å². The predicted molar refractivity (Wildman–Crippen MR) is 238 cm³/mol. The Balaban J connectivity index is 3.84. The number of phosphoric ester groups is 1. The Bertz CT molecular complexity index is 873. The summed E-state index contributed by atoms with van der Waals surface area (Å²) in [6, 6.07) is 0. The summed E-state index contributed by atoms with van der Waals surface area (Å²) >= 11 is 0. The predicted octanol–water partition coefficient (Wildman–Crippen LogP) is 14.6. The van der Waals surface area contributed by atoms with Crippen LogP contribution < -0.4 is 5.73 Å². The lowest BCUT2D eigenvalue weighted by Gasteiger charge is -2.20. The van der Waals surface area contributed by atoms with Crippen LogP contribution in [0.3, 0.4) is 0 Å². The second-order valence-electron chi connectivity index (χ2n) is 16.3. The smallest absolute Gasteiger partial charge is 0.457 e. The number of hydrogen-bond acceptors (Lipinski definition) is 7. The van der Waals surface area contributed by atoms with Gasteiger partial charge in [-0.25, -0.2) is 4.57 Å². The lowest BCUT2D eigenvalue weighted by molar-refractivity contribution is -0.154. The standard InChI is InChI=1S/C47H94NO7P/c1-3-5-7-9-11-13-15-17-18-19-20-21-22-23-24-25-26-27-28-29-30-32-34-36-38-40-47(49)55-46(45-54-56(50,51)53-43-41-48)44-52-42-39-37-35-33-31-16-14-12-10-8-6-4-2/h10,12,46H,3-9,11,13-45,48H2,1-2H3,(H,50,51)/b12-10-. The minimum atomic E-state index is -4.27. The monoisotopic (exact) mass is 816 g/mol. The highest BCUT2D eigenvalue weighted by molar-refractivity contribution is 7.47. The largest absolute Gasteiger partial charge is 0.472 e. The SMILES string of the molecule is CCCC/C=C\CCCCCCCCOCC(COP(=O)(O)OCCN)OC(=O)CCCCCCCCCCCCCCCCCCCCCCCCCCC. The zero-order valence-corrected chi connectivity index (χ0v) is 38.0. The molecule has 0 aliphatic carbocycles. The summed E-state index contributed by atoms with van der Waals surface area (Å²) in [7, 11) is -4.27. The molecule has 8 nitrogen and oxygen atoms in total. The third-order valence-electron chi connectivity index (χ3n) is 10.7. The molecule has 2 atom stereocenters. The van der Waals surface area contributed by atoms with Crippen LogP contribution in [0.5, 0.6) is 0 Å². The number of esters is 1. The van der Waals surface area contributed by atoms with Gasteiger partial charge in [0.05, 0.1) is 19.8 Å². The van der Waals surface area contributed by atoms with Gasteiger partial charge in [-0.05, 0) is 32.1 Å². The molecule has 0 rings (SSSR count). The molecule has 0 bridgehead atoms. The Morgan fingerprint density at radius 1 is 0.518 bits per heavy atom. The maximum absolute atomic E-state index is 12.6. The summed E-state index contributed by atoms with van der Waals surface area (Å²) in [4.78, 5) is 22.5. The first-order chi connectivity index (χ1) is 27.4. The van der Waals surface area contributed by atoms with Gasteiger partial charge in [-0.1, -0.05) is 219 Å². The number of nitrogens with two attached hydrogens (primary N) is 1. The Labute approximate surface area is 347 Å². The Hall–Kier alpha value is -0.760. The highest BCUT2D eigenvalue weighted by Gasteiger charge is 2.25. The molecule has 0 amide bonds. The number of phosphoric acid groups is 1. The van der Waals surface area contributed by atoms with Crippen molar-refractivity contribution in [3.63, 3.8) is 0 Å². The molecule has 0 radical (unpaired) electrons. The number of hydrogen-bond donors (Lipinski definition) is 2. The van der Waals surface area contributed by atoms with Crippen LogP contribution in [0.15, 0.2) is 12.2 Å². The molecule has 3 N–H and O–H groups in total. The lowest BCUT2D eigenvalue weighted by atomic mass is 10.0. The van der Waals surface area contributed by atoms with Crippen molar-refractivity contribution in [1.82, 2.24) is 0 Å². The van der Waals surface area contributed by atoms with Gasteiger partial charge in [-0.2, -0.15) is 0 Å². The highest BCUT2D eigenvalue weighted by atomic mass is 31.2. The molecule has 2 unspecified atom stereocenters. The Morgan fingerprint density at radius 3 is 1.36 bits per heavy atom. The quantitative estimate of drug-likeness (QED) is 0.0270. The summed E-state index contributed by atoms with van der Waals surface area (Å²) in [6.45, 7) is 4.93. The van der Waals surface area contributed by atoms with Crippen LogP contribution in [0.2, 0.25) is 0 Å². The van der Waals surface area contributed by atoms with E-state index in [9.17, 15) is 14.3 Å². The van der Waals surface area contributed by atoms with Crippen LogP contribution in [-0.4, -0.2) is 49.9 Å². The van der Waals surface area contributed by atoms with E-state index >= 15 is 0 Å². The fraction of sp³-hybridized carbons (Fsp3) is 0.936. The first-order valence-electron chi connectivity index (χ1n) is 24.2. The molecular weight excluding hydrogens is 721 g/mol. The molecule has 0 aromatic heterocycles. The van der Waals surface area contributed by atoms with Crippen LogP contribution >= 0.6 is 7.82 Å². The van der Waals surface area contributed by atoms with Gasteiger partial charge in [0.2, 0.25) is 0 Å².